The van der Waals surface area contributed by atoms with Gasteiger partial charge in [-0.3, -0.25) is 4.79 Å². The molecule has 0 atom stereocenters. The van der Waals surface area contributed by atoms with Gasteiger partial charge in [-0.05, 0) is 44.2 Å². The molecule has 1 N–H and O–H groups in total. The molecule has 1 saturated heterocycles. The quantitative estimate of drug-likeness (QED) is 0.908. The van der Waals surface area contributed by atoms with Crippen LogP contribution in [0.25, 0.3) is 0 Å². The summed E-state index contributed by atoms with van der Waals surface area (Å²) in [5.74, 6) is 0.173. The number of nitrogens with one attached hydrogen (secondary N) is 1. The molecule has 1 fully saturated rings. The first-order chi connectivity index (χ1) is 11.9. The van der Waals surface area contributed by atoms with Gasteiger partial charge in [-0.25, -0.2) is 4.98 Å². The molecular formula is C19H26N4OS. The van der Waals surface area contributed by atoms with Crippen LogP contribution in [0.5, 0.6) is 0 Å². The average Bonchev–Trinajstić information content (AvgIpc) is 2.99. The van der Waals surface area contributed by atoms with Crippen molar-refractivity contribution >= 4 is 28.6 Å². The van der Waals surface area contributed by atoms with Crippen molar-refractivity contribution in [2.75, 3.05) is 43.4 Å². The molecule has 25 heavy (non-hydrogen) atoms. The zero-order chi connectivity index (χ0) is 18.0. The number of nitrogens with zero attached hydrogens (tertiary/aromatic N) is 3. The van der Waals surface area contributed by atoms with Crippen molar-refractivity contribution in [2.24, 2.45) is 0 Å². The lowest BCUT2D eigenvalue weighted by Gasteiger charge is -2.34. The van der Waals surface area contributed by atoms with Crippen LogP contribution in [-0.2, 0) is 0 Å². The lowest BCUT2D eigenvalue weighted by molar-refractivity contribution is 0.102. The number of thiazole rings is 1. The molecule has 0 radical (unpaired) electrons. The van der Waals surface area contributed by atoms with Crippen LogP contribution in [0, 0.1) is 6.92 Å². The maximum atomic E-state index is 12.6. The van der Waals surface area contributed by atoms with Crippen molar-refractivity contribution in [3.8, 4) is 0 Å². The molecule has 1 amide bonds. The number of amides is 1. The summed E-state index contributed by atoms with van der Waals surface area (Å²) in [6.45, 7) is 10.3. The Morgan fingerprint density at radius 1 is 1.16 bits per heavy atom. The van der Waals surface area contributed by atoms with Gasteiger partial charge in [-0.2, -0.15) is 0 Å². The lowest BCUT2D eigenvalue weighted by atomic mass is 10.1. The van der Waals surface area contributed by atoms with Gasteiger partial charge < -0.3 is 15.1 Å². The third-order valence-electron chi connectivity index (χ3n) is 4.51. The van der Waals surface area contributed by atoms with Crippen molar-refractivity contribution in [1.82, 2.24) is 9.88 Å². The third-order valence-corrected chi connectivity index (χ3v) is 5.49. The number of aryl methyl sites for hydroxylation is 1. The Bertz CT molecular complexity index is 730. The van der Waals surface area contributed by atoms with E-state index in [2.05, 4.69) is 53.1 Å². The molecule has 2 heterocycles. The van der Waals surface area contributed by atoms with Gasteiger partial charge in [-0.15, -0.1) is 11.3 Å². The Morgan fingerprint density at radius 2 is 1.80 bits per heavy atom. The van der Waals surface area contributed by atoms with E-state index in [0.29, 0.717) is 0 Å². The number of carbonyl (C=O) groups excluding carboxylic acids is 1. The number of rotatable bonds is 4. The van der Waals surface area contributed by atoms with Crippen molar-refractivity contribution in [1.29, 1.82) is 0 Å². The van der Waals surface area contributed by atoms with E-state index in [1.165, 1.54) is 17.0 Å². The van der Waals surface area contributed by atoms with Crippen molar-refractivity contribution in [2.45, 2.75) is 26.7 Å². The summed E-state index contributed by atoms with van der Waals surface area (Å²) in [6, 6.07) is 8.13. The van der Waals surface area contributed by atoms with Crippen molar-refractivity contribution < 1.29 is 4.79 Å². The predicted octanol–water partition coefficient (Wildman–Crippen LogP) is 3.58. The smallest absolute Gasteiger partial charge is 0.267 e. The lowest BCUT2D eigenvalue weighted by Crippen LogP contribution is -2.44. The standard InChI is InChI=1S/C19H26N4OS/c1-13(2)17-18(25-14(3)20-17)19(24)21-15-5-7-16(8-6-15)23-11-9-22(4)10-12-23/h5-8,13H,9-12H2,1-4H3,(H,21,24). The van der Waals surface area contributed by atoms with Gasteiger partial charge in [0.2, 0.25) is 0 Å². The molecule has 0 aliphatic carbocycles. The number of piperazine rings is 1. The van der Waals surface area contributed by atoms with Crippen LogP contribution >= 0.6 is 11.3 Å². The molecule has 3 rings (SSSR count). The van der Waals surface area contributed by atoms with Gasteiger partial charge in [0, 0.05) is 37.6 Å². The number of anilines is 2. The molecule has 2 aromatic rings. The van der Waals surface area contributed by atoms with Gasteiger partial charge in [0.25, 0.3) is 5.91 Å². The molecule has 5 nitrogen and oxygen atoms in total. The minimum Gasteiger partial charge on any atom is -0.369 e. The zero-order valence-electron chi connectivity index (χ0n) is 15.4. The normalized spacial score (nSPS) is 15.6. The molecular weight excluding hydrogens is 332 g/mol. The van der Waals surface area contributed by atoms with E-state index < -0.39 is 0 Å². The first kappa shape index (κ1) is 17.9. The topological polar surface area (TPSA) is 48.5 Å². The van der Waals surface area contributed by atoms with Gasteiger partial charge in [0.1, 0.15) is 4.88 Å². The fourth-order valence-corrected chi connectivity index (χ4v) is 3.97. The van der Waals surface area contributed by atoms with E-state index in [9.17, 15) is 4.79 Å². The number of likely N-dealkylation sites (N-methyl/N-ethyl adjacent to an activating group) is 1. The predicted molar refractivity (Wildman–Crippen MR) is 105 cm³/mol. The van der Waals surface area contributed by atoms with E-state index in [0.717, 1.165) is 47.4 Å². The molecule has 134 valence electrons. The molecule has 0 saturated carbocycles. The van der Waals surface area contributed by atoms with E-state index in [-0.39, 0.29) is 11.8 Å². The molecule has 1 aromatic carbocycles. The third kappa shape index (κ3) is 4.19. The highest BCUT2D eigenvalue weighted by Gasteiger charge is 2.19. The molecule has 1 aliphatic rings. The van der Waals surface area contributed by atoms with E-state index in [4.69, 9.17) is 0 Å². The fraction of sp³-hybridized carbons (Fsp3) is 0.474. The van der Waals surface area contributed by atoms with Gasteiger partial charge in [0.05, 0.1) is 10.7 Å². The van der Waals surface area contributed by atoms with Crippen molar-refractivity contribution in [3.05, 3.63) is 39.8 Å². The Labute approximate surface area is 153 Å². The van der Waals surface area contributed by atoms with Gasteiger partial charge >= 0.3 is 0 Å². The highest BCUT2D eigenvalue weighted by atomic mass is 32.1. The minimum absolute atomic E-state index is 0.0679. The fourth-order valence-electron chi connectivity index (χ4n) is 3.01. The van der Waals surface area contributed by atoms with Crippen LogP contribution in [0.2, 0.25) is 0 Å². The summed E-state index contributed by atoms with van der Waals surface area (Å²) in [7, 11) is 2.16. The van der Waals surface area contributed by atoms with Crippen LogP contribution in [-0.4, -0.2) is 49.0 Å². The van der Waals surface area contributed by atoms with Crippen LogP contribution < -0.4 is 10.2 Å². The van der Waals surface area contributed by atoms with Crippen LogP contribution in [0.1, 0.15) is 40.1 Å². The van der Waals surface area contributed by atoms with E-state index in [1.807, 2.05) is 19.1 Å². The molecule has 0 spiro atoms. The molecule has 0 bridgehead atoms. The summed E-state index contributed by atoms with van der Waals surface area (Å²) in [5.41, 5.74) is 2.92. The summed E-state index contributed by atoms with van der Waals surface area (Å²) in [6.07, 6.45) is 0. The molecule has 1 aliphatic heterocycles. The number of carbonyl (C=O) groups is 1. The highest BCUT2D eigenvalue weighted by Crippen LogP contribution is 2.26. The van der Waals surface area contributed by atoms with Crippen LogP contribution in [0.4, 0.5) is 11.4 Å². The largest absolute Gasteiger partial charge is 0.369 e. The Kier molecular flexibility index (Phi) is 5.39. The first-order valence-corrected chi connectivity index (χ1v) is 9.58. The molecule has 6 heteroatoms. The molecule has 0 unspecified atom stereocenters. The second-order valence-corrected chi connectivity index (χ2v) is 8.10. The monoisotopic (exact) mass is 358 g/mol. The number of aromatic nitrogens is 1. The average molecular weight is 359 g/mol. The zero-order valence-corrected chi connectivity index (χ0v) is 16.2. The maximum absolute atomic E-state index is 12.6. The summed E-state index contributed by atoms with van der Waals surface area (Å²) in [4.78, 5) is 22.6. The SMILES string of the molecule is Cc1nc(C(C)C)c(C(=O)Nc2ccc(N3CCN(C)CC3)cc2)s1. The van der Waals surface area contributed by atoms with Gasteiger partial charge in [-0.1, -0.05) is 13.8 Å². The van der Waals surface area contributed by atoms with Gasteiger partial charge in [0.15, 0.2) is 0 Å². The molecule has 1 aromatic heterocycles. The van der Waals surface area contributed by atoms with Crippen molar-refractivity contribution in [3.63, 3.8) is 0 Å². The summed E-state index contributed by atoms with van der Waals surface area (Å²) < 4.78 is 0. The Balaban J connectivity index is 1.68. The second-order valence-electron chi connectivity index (χ2n) is 6.89. The van der Waals surface area contributed by atoms with Crippen LogP contribution in [0.3, 0.4) is 0 Å². The maximum Gasteiger partial charge on any atom is 0.267 e. The van der Waals surface area contributed by atoms with E-state index >= 15 is 0 Å². The Morgan fingerprint density at radius 3 is 2.40 bits per heavy atom. The van der Waals surface area contributed by atoms with Crippen LogP contribution in [0.15, 0.2) is 24.3 Å². The van der Waals surface area contributed by atoms with E-state index in [1.54, 1.807) is 0 Å². The Hall–Kier alpha value is -1.92. The summed E-state index contributed by atoms with van der Waals surface area (Å²) in [5, 5.41) is 3.94. The highest BCUT2D eigenvalue weighted by molar-refractivity contribution is 7.13. The number of hydrogen-bond donors (Lipinski definition) is 1. The second kappa shape index (κ2) is 7.54. The number of benzene rings is 1. The number of hydrogen-bond acceptors (Lipinski definition) is 5. The first-order valence-electron chi connectivity index (χ1n) is 8.76. The summed E-state index contributed by atoms with van der Waals surface area (Å²) >= 11 is 1.46. The minimum atomic E-state index is -0.0679.